The molecule has 21 heavy (non-hydrogen) atoms. The molecule has 7 heteroatoms. The number of nitrogens with zero attached hydrogens (tertiary/aromatic N) is 1. The Bertz CT molecular complexity index is 484. The van der Waals surface area contributed by atoms with Crippen LogP contribution in [0.1, 0.15) is 18.7 Å². The van der Waals surface area contributed by atoms with E-state index in [-0.39, 0.29) is 23.9 Å². The van der Waals surface area contributed by atoms with Crippen LogP contribution in [0, 0.1) is 0 Å². The minimum absolute atomic E-state index is 0.0574. The summed E-state index contributed by atoms with van der Waals surface area (Å²) in [5, 5.41) is 3.22. The fraction of sp³-hybridized carbons (Fsp3) is 0.500. The Kier molecular flexibility index (Phi) is 5.41. The standard InChI is InChI=1S/C14H18F2N2O2S/c1-9-13(19)18(7-8-21-2)12(17-9)10-3-5-11(6-4-10)20-14(15)16/h3-6,9,12,14,17H,7-8H2,1-2H3. The van der Waals surface area contributed by atoms with E-state index in [9.17, 15) is 13.6 Å². The van der Waals surface area contributed by atoms with Crippen molar-refractivity contribution in [3.05, 3.63) is 29.8 Å². The van der Waals surface area contributed by atoms with Crippen LogP contribution in [0.15, 0.2) is 24.3 Å². The number of thioether (sulfide) groups is 1. The molecule has 0 spiro atoms. The van der Waals surface area contributed by atoms with Crippen LogP contribution in [0.2, 0.25) is 0 Å². The van der Waals surface area contributed by atoms with Gasteiger partial charge in [0.15, 0.2) is 0 Å². The van der Waals surface area contributed by atoms with E-state index in [0.717, 1.165) is 11.3 Å². The molecule has 2 rings (SSSR count). The average molecular weight is 316 g/mol. The normalized spacial score (nSPS) is 22.1. The maximum Gasteiger partial charge on any atom is 0.387 e. The molecule has 4 nitrogen and oxygen atoms in total. The molecular formula is C14H18F2N2O2S. The van der Waals surface area contributed by atoms with Crippen molar-refractivity contribution in [3.63, 3.8) is 0 Å². The quantitative estimate of drug-likeness (QED) is 0.875. The van der Waals surface area contributed by atoms with Crippen LogP contribution >= 0.6 is 11.8 Å². The summed E-state index contributed by atoms with van der Waals surface area (Å²) in [7, 11) is 0. The lowest BCUT2D eigenvalue weighted by Gasteiger charge is -2.24. The van der Waals surface area contributed by atoms with Gasteiger partial charge in [0.2, 0.25) is 5.91 Å². The molecule has 2 atom stereocenters. The fourth-order valence-electron chi connectivity index (χ4n) is 2.31. The number of hydrogen-bond donors (Lipinski definition) is 1. The predicted octanol–water partition coefficient (Wildman–Crippen LogP) is 2.47. The molecule has 0 radical (unpaired) electrons. The van der Waals surface area contributed by atoms with Crippen molar-refractivity contribution in [1.82, 2.24) is 10.2 Å². The number of ether oxygens (including phenoxy) is 1. The van der Waals surface area contributed by atoms with Gasteiger partial charge in [0.25, 0.3) is 0 Å². The van der Waals surface area contributed by atoms with Crippen molar-refractivity contribution >= 4 is 17.7 Å². The number of hydrogen-bond acceptors (Lipinski definition) is 4. The van der Waals surface area contributed by atoms with Crippen LogP contribution in [0.4, 0.5) is 8.78 Å². The van der Waals surface area contributed by atoms with Crippen LogP contribution in [0.25, 0.3) is 0 Å². The first-order valence-electron chi connectivity index (χ1n) is 6.63. The lowest BCUT2D eigenvalue weighted by Crippen LogP contribution is -2.32. The first-order valence-corrected chi connectivity index (χ1v) is 8.02. The second kappa shape index (κ2) is 7.09. The van der Waals surface area contributed by atoms with Crippen LogP contribution < -0.4 is 10.1 Å². The van der Waals surface area contributed by atoms with Gasteiger partial charge in [0.05, 0.1) is 6.04 Å². The molecule has 1 aromatic rings. The summed E-state index contributed by atoms with van der Waals surface area (Å²) >= 11 is 1.67. The van der Waals surface area contributed by atoms with Gasteiger partial charge in [-0.1, -0.05) is 12.1 Å². The SMILES string of the molecule is CSCCN1C(=O)C(C)NC1c1ccc(OC(F)F)cc1. The van der Waals surface area contributed by atoms with E-state index < -0.39 is 6.61 Å². The van der Waals surface area contributed by atoms with Crippen molar-refractivity contribution in [1.29, 1.82) is 0 Å². The summed E-state index contributed by atoms with van der Waals surface area (Å²) in [6, 6.07) is 6.14. The number of carbonyl (C=O) groups excluding carboxylic acids is 1. The Balaban J connectivity index is 2.13. The number of amides is 1. The molecule has 1 amide bonds. The topological polar surface area (TPSA) is 41.6 Å². The summed E-state index contributed by atoms with van der Waals surface area (Å²) in [6.45, 7) is -0.361. The fourth-order valence-corrected chi connectivity index (χ4v) is 2.69. The van der Waals surface area contributed by atoms with Gasteiger partial charge >= 0.3 is 6.61 Å². The monoisotopic (exact) mass is 316 g/mol. The zero-order valence-corrected chi connectivity index (χ0v) is 12.7. The van der Waals surface area contributed by atoms with Crippen molar-refractivity contribution in [2.24, 2.45) is 0 Å². The summed E-state index contributed by atoms with van der Waals surface area (Å²) in [6.07, 6.45) is 1.77. The smallest absolute Gasteiger partial charge is 0.387 e. The molecule has 0 saturated carbocycles. The first kappa shape index (κ1) is 16.0. The molecule has 116 valence electrons. The molecule has 0 bridgehead atoms. The van der Waals surface area contributed by atoms with Crippen LogP contribution in [0.5, 0.6) is 5.75 Å². The molecular weight excluding hydrogens is 298 g/mol. The molecule has 0 aromatic heterocycles. The number of halogens is 2. The molecule has 1 aliphatic heterocycles. The molecule has 1 aliphatic rings. The average Bonchev–Trinajstić information content (AvgIpc) is 2.73. The van der Waals surface area contributed by atoms with E-state index in [1.807, 2.05) is 13.2 Å². The molecule has 1 N–H and O–H groups in total. The van der Waals surface area contributed by atoms with Gasteiger partial charge in [0.1, 0.15) is 11.9 Å². The molecule has 1 heterocycles. The second-order valence-electron chi connectivity index (χ2n) is 4.76. The van der Waals surface area contributed by atoms with Crippen LogP contribution in [0.3, 0.4) is 0 Å². The minimum Gasteiger partial charge on any atom is -0.435 e. The second-order valence-corrected chi connectivity index (χ2v) is 5.75. The van der Waals surface area contributed by atoms with Gasteiger partial charge in [-0.15, -0.1) is 0 Å². The molecule has 0 aliphatic carbocycles. The molecule has 1 saturated heterocycles. The Morgan fingerprint density at radius 2 is 2.05 bits per heavy atom. The van der Waals surface area contributed by atoms with Gasteiger partial charge < -0.3 is 9.64 Å². The highest BCUT2D eigenvalue weighted by atomic mass is 32.2. The number of carbonyl (C=O) groups is 1. The maximum atomic E-state index is 12.1. The van der Waals surface area contributed by atoms with E-state index >= 15 is 0 Å². The van der Waals surface area contributed by atoms with E-state index in [1.54, 1.807) is 28.8 Å². The first-order chi connectivity index (χ1) is 10.0. The van der Waals surface area contributed by atoms with E-state index in [2.05, 4.69) is 10.1 Å². The zero-order valence-electron chi connectivity index (χ0n) is 11.9. The van der Waals surface area contributed by atoms with E-state index in [4.69, 9.17) is 0 Å². The minimum atomic E-state index is -2.83. The third kappa shape index (κ3) is 3.85. The molecule has 1 fully saturated rings. The van der Waals surface area contributed by atoms with Gasteiger partial charge in [-0.2, -0.15) is 20.5 Å². The summed E-state index contributed by atoms with van der Waals surface area (Å²) in [5.74, 6) is 1.02. The number of rotatable bonds is 6. The van der Waals surface area contributed by atoms with Crippen LogP contribution in [-0.2, 0) is 4.79 Å². The molecule has 1 aromatic carbocycles. The van der Waals surface area contributed by atoms with E-state index in [0.29, 0.717) is 6.54 Å². The highest BCUT2D eigenvalue weighted by Gasteiger charge is 2.36. The van der Waals surface area contributed by atoms with Crippen molar-refractivity contribution in [2.75, 3.05) is 18.6 Å². The zero-order chi connectivity index (χ0) is 15.4. The van der Waals surface area contributed by atoms with Gasteiger partial charge in [0, 0.05) is 12.3 Å². The summed E-state index contributed by atoms with van der Waals surface area (Å²) in [5.41, 5.74) is 0.857. The van der Waals surface area contributed by atoms with Crippen LogP contribution in [-0.4, -0.2) is 42.0 Å². The Morgan fingerprint density at radius 1 is 1.38 bits per heavy atom. The number of alkyl halides is 2. The largest absolute Gasteiger partial charge is 0.435 e. The van der Waals surface area contributed by atoms with Gasteiger partial charge in [-0.3, -0.25) is 10.1 Å². The third-order valence-electron chi connectivity index (χ3n) is 3.33. The Labute approximate surface area is 126 Å². The summed E-state index contributed by atoms with van der Waals surface area (Å²) in [4.78, 5) is 13.9. The summed E-state index contributed by atoms with van der Waals surface area (Å²) < 4.78 is 28.6. The maximum absolute atomic E-state index is 12.1. The van der Waals surface area contributed by atoms with Crippen molar-refractivity contribution < 1.29 is 18.3 Å². The Morgan fingerprint density at radius 3 is 2.62 bits per heavy atom. The van der Waals surface area contributed by atoms with Gasteiger partial charge in [-0.05, 0) is 30.9 Å². The number of benzene rings is 1. The highest BCUT2D eigenvalue weighted by Crippen LogP contribution is 2.27. The lowest BCUT2D eigenvalue weighted by atomic mass is 10.1. The highest BCUT2D eigenvalue weighted by molar-refractivity contribution is 7.98. The van der Waals surface area contributed by atoms with Gasteiger partial charge in [-0.25, -0.2) is 0 Å². The number of nitrogens with one attached hydrogen (secondary N) is 1. The third-order valence-corrected chi connectivity index (χ3v) is 3.92. The molecule has 2 unspecified atom stereocenters. The van der Waals surface area contributed by atoms with E-state index in [1.165, 1.54) is 12.1 Å². The van der Waals surface area contributed by atoms with Crippen molar-refractivity contribution in [3.8, 4) is 5.75 Å². The predicted molar refractivity (Wildman–Crippen MR) is 78.5 cm³/mol. The lowest BCUT2D eigenvalue weighted by molar-refractivity contribution is -0.129. The Hall–Kier alpha value is -1.34. The van der Waals surface area contributed by atoms with Crippen molar-refractivity contribution in [2.45, 2.75) is 25.7 Å².